The summed E-state index contributed by atoms with van der Waals surface area (Å²) in [5, 5.41) is 9.67. The molecular weight excluding hydrogens is 404 g/mol. The number of aromatic nitrogens is 2. The first-order chi connectivity index (χ1) is 13.7. The standard InChI is InChI=1S/C20H20ClF2N3O3/c1-11-6-14-16(25(2)18-9-13(19(22)23)15(21)10-24-18)7-12(29-5-4-27)8-17(14)26(3)20(11)28/h6-10,19,27H,4-5H2,1-3H3. The van der Waals surface area contributed by atoms with Gasteiger partial charge in [-0.05, 0) is 19.1 Å². The van der Waals surface area contributed by atoms with E-state index < -0.39 is 6.43 Å². The number of rotatable bonds is 6. The number of fused-ring (bicyclic) bond motifs is 1. The normalized spacial score (nSPS) is 11.3. The second-order valence-electron chi connectivity index (χ2n) is 6.56. The molecule has 2 heterocycles. The van der Waals surface area contributed by atoms with E-state index in [0.29, 0.717) is 22.5 Å². The SMILES string of the molecule is Cc1cc2c(N(C)c3cc(C(F)F)c(Cl)cn3)cc(OCCO)cc2n(C)c1=O. The minimum atomic E-state index is -2.74. The van der Waals surface area contributed by atoms with Gasteiger partial charge in [-0.25, -0.2) is 13.8 Å². The van der Waals surface area contributed by atoms with Gasteiger partial charge in [-0.3, -0.25) is 4.79 Å². The fourth-order valence-electron chi connectivity index (χ4n) is 3.12. The Labute approximate surface area is 170 Å². The highest BCUT2D eigenvalue weighted by Gasteiger charge is 2.19. The van der Waals surface area contributed by atoms with E-state index in [1.807, 2.05) is 0 Å². The molecule has 3 rings (SSSR count). The summed E-state index contributed by atoms with van der Waals surface area (Å²) >= 11 is 5.84. The van der Waals surface area contributed by atoms with Crippen molar-refractivity contribution in [1.29, 1.82) is 0 Å². The highest BCUT2D eigenvalue weighted by atomic mass is 35.5. The minimum Gasteiger partial charge on any atom is -0.491 e. The summed E-state index contributed by atoms with van der Waals surface area (Å²) in [5.74, 6) is 0.687. The molecule has 1 aromatic carbocycles. The highest BCUT2D eigenvalue weighted by Crippen LogP contribution is 2.36. The number of benzene rings is 1. The molecule has 0 radical (unpaired) electrons. The van der Waals surface area contributed by atoms with Gasteiger partial charge in [-0.2, -0.15) is 0 Å². The van der Waals surface area contributed by atoms with Crippen LogP contribution in [0, 0.1) is 6.92 Å². The maximum absolute atomic E-state index is 13.3. The van der Waals surface area contributed by atoms with E-state index in [-0.39, 0.29) is 35.2 Å². The summed E-state index contributed by atoms with van der Waals surface area (Å²) < 4.78 is 33.6. The zero-order chi connectivity index (χ0) is 21.3. The van der Waals surface area contributed by atoms with Crippen LogP contribution < -0.4 is 15.2 Å². The number of halogens is 3. The van der Waals surface area contributed by atoms with Crippen molar-refractivity contribution in [3.05, 3.63) is 57.0 Å². The monoisotopic (exact) mass is 423 g/mol. The van der Waals surface area contributed by atoms with Crippen LogP contribution in [0.25, 0.3) is 10.9 Å². The van der Waals surface area contributed by atoms with Crippen molar-refractivity contribution in [3.63, 3.8) is 0 Å². The van der Waals surface area contributed by atoms with Crippen molar-refractivity contribution in [1.82, 2.24) is 9.55 Å². The molecule has 0 spiro atoms. The molecule has 0 amide bonds. The molecule has 2 aromatic heterocycles. The van der Waals surface area contributed by atoms with E-state index in [2.05, 4.69) is 4.98 Å². The third-order valence-electron chi connectivity index (χ3n) is 4.64. The third-order valence-corrected chi connectivity index (χ3v) is 4.96. The zero-order valence-electron chi connectivity index (χ0n) is 16.1. The van der Waals surface area contributed by atoms with Crippen LogP contribution in [0.15, 0.2) is 35.3 Å². The van der Waals surface area contributed by atoms with E-state index in [4.69, 9.17) is 21.4 Å². The van der Waals surface area contributed by atoms with E-state index in [1.165, 1.54) is 16.8 Å². The Morgan fingerprint density at radius 2 is 2.03 bits per heavy atom. The van der Waals surface area contributed by atoms with Gasteiger partial charge in [0.2, 0.25) is 0 Å². The van der Waals surface area contributed by atoms with Gasteiger partial charge < -0.3 is 19.3 Å². The summed E-state index contributed by atoms with van der Waals surface area (Å²) in [6.45, 7) is 1.60. The molecule has 0 aliphatic carbocycles. The molecule has 0 aliphatic rings. The predicted octanol–water partition coefficient (Wildman–Crippen LogP) is 3.97. The molecule has 6 nitrogen and oxygen atoms in total. The number of aryl methyl sites for hydroxylation is 2. The average Bonchev–Trinajstić information content (AvgIpc) is 2.70. The van der Waals surface area contributed by atoms with Crippen molar-refractivity contribution in [2.45, 2.75) is 13.3 Å². The molecular formula is C20H20ClF2N3O3. The Bertz CT molecular complexity index is 1120. The summed E-state index contributed by atoms with van der Waals surface area (Å²) in [4.78, 5) is 18.2. The number of ether oxygens (including phenoxy) is 1. The topological polar surface area (TPSA) is 67.6 Å². The molecule has 154 valence electrons. The van der Waals surface area contributed by atoms with Gasteiger partial charge in [0, 0.05) is 48.9 Å². The van der Waals surface area contributed by atoms with E-state index in [0.717, 1.165) is 5.39 Å². The summed E-state index contributed by atoms with van der Waals surface area (Å²) in [7, 11) is 3.32. The molecule has 0 saturated heterocycles. The zero-order valence-corrected chi connectivity index (χ0v) is 16.9. The molecule has 0 aliphatic heterocycles. The first kappa shape index (κ1) is 21.0. The lowest BCUT2D eigenvalue weighted by molar-refractivity contribution is 0.151. The number of alkyl halides is 2. The van der Waals surface area contributed by atoms with Crippen LogP contribution in [0.2, 0.25) is 5.02 Å². The summed E-state index contributed by atoms with van der Waals surface area (Å²) in [5.41, 5.74) is 1.26. The molecule has 1 N–H and O–H groups in total. The van der Waals surface area contributed by atoms with Crippen molar-refractivity contribution in [2.75, 3.05) is 25.2 Å². The number of anilines is 2. The lowest BCUT2D eigenvalue weighted by atomic mass is 10.1. The van der Waals surface area contributed by atoms with Crippen molar-refractivity contribution in [3.8, 4) is 5.75 Å². The van der Waals surface area contributed by atoms with Crippen LogP contribution in [-0.2, 0) is 7.05 Å². The Kier molecular flexibility index (Phi) is 6.04. The molecule has 3 aromatic rings. The number of nitrogens with zero attached hydrogens (tertiary/aromatic N) is 3. The molecule has 29 heavy (non-hydrogen) atoms. The number of hydrogen-bond acceptors (Lipinski definition) is 5. The quantitative estimate of drug-likeness (QED) is 0.649. The molecule has 0 saturated carbocycles. The minimum absolute atomic E-state index is 0.0726. The van der Waals surface area contributed by atoms with Gasteiger partial charge in [0.15, 0.2) is 0 Å². The molecule has 9 heteroatoms. The van der Waals surface area contributed by atoms with Gasteiger partial charge in [0.1, 0.15) is 18.2 Å². The number of aliphatic hydroxyl groups excluding tert-OH is 1. The Balaban J connectivity index is 2.24. The van der Waals surface area contributed by atoms with Crippen LogP contribution in [-0.4, -0.2) is 34.9 Å². The van der Waals surface area contributed by atoms with Crippen molar-refractivity contribution in [2.24, 2.45) is 7.05 Å². The van der Waals surface area contributed by atoms with Crippen LogP contribution in [0.5, 0.6) is 5.75 Å². The molecule has 0 unspecified atom stereocenters. The molecule has 0 bridgehead atoms. The Morgan fingerprint density at radius 3 is 2.69 bits per heavy atom. The van der Waals surface area contributed by atoms with Gasteiger partial charge in [-0.1, -0.05) is 11.6 Å². The first-order valence-electron chi connectivity index (χ1n) is 8.80. The fraction of sp³-hybridized carbons (Fsp3) is 0.300. The van der Waals surface area contributed by atoms with Gasteiger partial charge in [0.05, 0.1) is 22.8 Å². The molecule has 0 atom stereocenters. The molecule has 0 fully saturated rings. The third kappa shape index (κ3) is 4.04. The van der Waals surface area contributed by atoms with E-state index in [9.17, 15) is 13.6 Å². The first-order valence-corrected chi connectivity index (χ1v) is 9.17. The van der Waals surface area contributed by atoms with Crippen LogP contribution >= 0.6 is 11.6 Å². The average molecular weight is 424 g/mol. The lowest BCUT2D eigenvalue weighted by Crippen LogP contribution is -2.20. The van der Waals surface area contributed by atoms with Crippen molar-refractivity contribution >= 4 is 34.0 Å². The lowest BCUT2D eigenvalue weighted by Gasteiger charge is -2.23. The Morgan fingerprint density at radius 1 is 1.31 bits per heavy atom. The van der Waals surface area contributed by atoms with Crippen LogP contribution in [0.4, 0.5) is 20.3 Å². The largest absolute Gasteiger partial charge is 0.491 e. The maximum atomic E-state index is 13.3. The fourth-order valence-corrected chi connectivity index (χ4v) is 3.30. The Hall–Kier alpha value is -2.71. The van der Waals surface area contributed by atoms with Crippen molar-refractivity contribution < 1.29 is 18.6 Å². The number of pyridine rings is 2. The summed E-state index contributed by atoms with van der Waals surface area (Å²) in [6, 6.07) is 6.38. The smallest absolute Gasteiger partial charge is 0.265 e. The number of hydrogen-bond donors (Lipinski definition) is 1. The van der Waals surface area contributed by atoms with Gasteiger partial charge in [-0.15, -0.1) is 0 Å². The second kappa shape index (κ2) is 8.34. The highest BCUT2D eigenvalue weighted by molar-refractivity contribution is 6.31. The maximum Gasteiger partial charge on any atom is 0.265 e. The van der Waals surface area contributed by atoms with Crippen LogP contribution in [0.3, 0.4) is 0 Å². The van der Waals surface area contributed by atoms with Crippen LogP contribution in [0.1, 0.15) is 17.6 Å². The van der Waals surface area contributed by atoms with Gasteiger partial charge >= 0.3 is 0 Å². The second-order valence-corrected chi connectivity index (χ2v) is 6.97. The van der Waals surface area contributed by atoms with E-state index >= 15 is 0 Å². The number of aliphatic hydroxyl groups is 1. The van der Waals surface area contributed by atoms with E-state index in [1.54, 1.807) is 44.1 Å². The van der Waals surface area contributed by atoms with Gasteiger partial charge in [0.25, 0.3) is 12.0 Å². The summed E-state index contributed by atoms with van der Waals surface area (Å²) in [6.07, 6.45) is -1.55. The predicted molar refractivity (Wildman–Crippen MR) is 109 cm³/mol.